The van der Waals surface area contributed by atoms with Gasteiger partial charge in [0.05, 0.1) is 24.0 Å². The number of hydrogen-bond acceptors (Lipinski definition) is 4. The highest BCUT2D eigenvalue weighted by atomic mass is 16.5. The fraction of sp³-hybridized carbons (Fsp3) is 0.824. The number of aliphatic hydroxyl groups excluding tert-OH is 1. The summed E-state index contributed by atoms with van der Waals surface area (Å²) in [6.07, 6.45) is 8.32. The second-order valence-corrected chi connectivity index (χ2v) is 7.97. The van der Waals surface area contributed by atoms with E-state index in [0.29, 0.717) is 24.1 Å². The van der Waals surface area contributed by atoms with Crippen molar-refractivity contribution in [3.05, 3.63) is 18.0 Å². The van der Waals surface area contributed by atoms with Gasteiger partial charge in [0.2, 0.25) is 0 Å². The lowest BCUT2D eigenvalue weighted by molar-refractivity contribution is -0.215. The molecule has 0 aromatic carbocycles. The topological polar surface area (TPSA) is 59.3 Å². The second-order valence-electron chi connectivity index (χ2n) is 7.97. The van der Waals surface area contributed by atoms with Gasteiger partial charge < -0.3 is 15.2 Å². The van der Waals surface area contributed by atoms with E-state index in [9.17, 15) is 5.11 Å². The van der Waals surface area contributed by atoms with Crippen LogP contribution in [0.3, 0.4) is 0 Å². The van der Waals surface area contributed by atoms with Crippen LogP contribution in [0, 0.1) is 5.41 Å². The van der Waals surface area contributed by atoms with Crippen molar-refractivity contribution >= 4 is 0 Å². The van der Waals surface area contributed by atoms with E-state index in [1.807, 2.05) is 13.2 Å². The summed E-state index contributed by atoms with van der Waals surface area (Å²) < 4.78 is 7.97. The highest BCUT2D eigenvalue weighted by Gasteiger charge is 2.59. The Morgan fingerprint density at radius 1 is 1.50 bits per heavy atom. The van der Waals surface area contributed by atoms with E-state index in [4.69, 9.17) is 4.74 Å². The summed E-state index contributed by atoms with van der Waals surface area (Å²) >= 11 is 0. The fourth-order valence-corrected chi connectivity index (χ4v) is 3.87. The van der Waals surface area contributed by atoms with Crippen molar-refractivity contribution in [2.45, 2.75) is 70.3 Å². The van der Waals surface area contributed by atoms with Crippen molar-refractivity contribution in [1.82, 2.24) is 15.1 Å². The molecule has 2 saturated carbocycles. The second kappa shape index (κ2) is 5.62. The maximum atomic E-state index is 10.3. The third kappa shape index (κ3) is 2.94. The van der Waals surface area contributed by atoms with Crippen molar-refractivity contribution in [2.75, 3.05) is 6.54 Å². The molecule has 5 nitrogen and oxygen atoms in total. The number of nitrogens with one attached hydrogen (secondary N) is 1. The summed E-state index contributed by atoms with van der Waals surface area (Å²) in [6.45, 7) is 6.98. The standard InChI is InChI=1S/C17H29N3O2/c1-16(2,3)22-15-8-14(17(15)6-5-7-17)18-10-13(21)12-9-19-20(4)11-12/h9,11,13-15,18,21H,5-8,10H2,1-4H3. The summed E-state index contributed by atoms with van der Waals surface area (Å²) in [4.78, 5) is 0. The summed E-state index contributed by atoms with van der Waals surface area (Å²) in [7, 11) is 1.87. The molecular formula is C17H29N3O2. The molecule has 124 valence electrons. The van der Waals surface area contributed by atoms with Gasteiger partial charge in [0.1, 0.15) is 0 Å². The lowest BCUT2D eigenvalue weighted by Gasteiger charge is -2.62. The third-order valence-corrected chi connectivity index (χ3v) is 5.23. The molecule has 2 aliphatic rings. The van der Waals surface area contributed by atoms with Gasteiger partial charge in [-0.1, -0.05) is 6.42 Å². The number of aromatic nitrogens is 2. The van der Waals surface area contributed by atoms with Gasteiger partial charge in [-0.2, -0.15) is 5.10 Å². The molecule has 2 aliphatic carbocycles. The maximum absolute atomic E-state index is 10.3. The minimum atomic E-state index is -0.492. The molecule has 1 aromatic rings. The molecule has 3 unspecified atom stereocenters. The summed E-state index contributed by atoms with van der Waals surface area (Å²) in [6, 6.07) is 0.472. The molecule has 2 N–H and O–H groups in total. The Bertz CT molecular complexity index is 516. The zero-order valence-corrected chi connectivity index (χ0v) is 14.2. The summed E-state index contributed by atoms with van der Waals surface area (Å²) in [5.74, 6) is 0. The minimum Gasteiger partial charge on any atom is -0.387 e. The first-order valence-electron chi connectivity index (χ1n) is 8.38. The van der Waals surface area contributed by atoms with Crippen LogP contribution in [-0.4, -0.2) is 39.2 Å². The molecule has 3 atom stereocenters. The number of aliphatic hydroxyl groups is 1. The van der Waals surface area contributed by atoms with E-state index >= 15 is 0 Å². The normalized spacial score (nSPS) is 28.2. The number of hydrogen-bond donors (Lipinski definition) is 2. The molecule has 0 saturated heterocycles. The van der Waals surface area contributed by atoms with Gasteiger partial charge in [-0.15, -0.1) is 0 Å². The third-order valence-electron chi connectivity index (χ3n) is 5.23. The first-order valence-corrected chi connectivity index (χ1v) is 8.38. The first kappa shape index (κ1) is 16.0. The van der Waals surface area contributed by atoms with E-state index in [0.717, 1.165) is 12.0 Å². The van der Waals surface area contributed by atoms with Crippen LogP contribution in [0.1, 0.15) is 58.1 Å². The lowest BCUT2D eigenvalue weighted by atomic mass is 9.51. The van der Waals surface area contributed by atoms with Gasteiger partial charge in [-0.05, 0) is 40.0 Å². The molecule has 5 heteroatoms. The van der Waals surface area contributed by atoms with Crippen LogP contribution in [0.5, 0.6) is 0 Å². The Hall–Kier alpha value is -0.910. The van der Waals surface area contributed by atoms with Gasteiger partial charge in [-0.25, -0.2) is 0 Å². The molecule has 1 aromatic heterocycles. The van der Waals surface area contributed by atoms with Gasteiger partial charge in [0.15, 0.2) is 0 Å². The average molecular weight is 307 g/mol. The maximum Gasteiger partial charge on any atom is 0.0944 e. The van der Waals surface area contributed by atoms with Crippen molar-refractivity contribution in [3.8, 4) is 0 Å². The first-order chi connectivity index (χ1) is 10.3. The smallest absolute Gasteiger partial charge is 0.0944 e. The predicted octanol–water partition coefficient (Wildman–Crippen LogP) is 2.17. The van der Waals surface area contributed by atoms with Crippen LogP contribution in [0.25, 0.3) is 0 Å². The number of aryl methyl sites for hydroxylation is 1. The van der Waals surface area contributed by atoms with Crippen LogP contribution in [0.2, 0.25) is 0 Å². The molecule has 3 rings (SSSR count). The van der Waals surface area contributed by atoms with E-state index in [1.165, 1.54) is 19.3 Å². The zero-order valence-electron chi connectivity index (χ0n) is 14.2. The van der Waals surface area contributed by atoms with Gasteiger partial charge in [0, 0.05) is 36.8 Å². The monoisotopic (exact) mass is 307 g/mol. The molecule has 1 heterocycles. The Morgan fingerprint density at radius 2 is 2.23 bits per heavy atom. The molecule has 0 aliphatic heterocycles. The number of nitrogens with zero attached hydrogens (tertiary/aromatic N) is 2. The van der Waals surface area contributed by atoms with E-state index < -0.39 is 6.10 Å². The van der Waals surface area contributed by atoms with Crippen molar-refractivity contribution in [2.24, 2.45) is 12.5 Å². The van der Waals surface area contributed by atoms with E-state index in [2.05, 4.69) is 31.2 Å². The largest absolute Gasteiger partial charge is 0.387 e. The fourth-order valence-electron chi connectivity index (χ4n) is 3.87. The minimum absolute atomic E-state index is 0.0759. The van der Waals surface area contributed by atoms with Crippen LogP contribution in [0.4, 0.5) is 0 Å². The summed E-state index contributed by atoms with van der Waals surface area (Å²) in [5.41, 5.74) is 1.11. The van der Waals surface area contributed by atoms with Gasteiger partial charge in [0.25, 0.3) is 0 Å². The molecule has 0 bridgehead atoms. The molecule has 2 fully saturated rings. The van der Waals surface area contributed by atoms with Crippen LogP contribution in [0.15, 0.2) is 12.4 Å². The molecule has 0 radical (unpaired) electrons. The quantitative estimate of drug-likeness (QED) is 0.875. The average Bonchev–Trinajstić information content (AvgIpc) is 2.75. The Morgan fingerprint density at radius 3 is 2.73 bits per heavy atom. The molecule has 1 spiro atoms. The Labute approximate surface area is 133 Å². The molecule has 0 amide bonds. The molecular weight excluding hydrogens is 278 g/mol. The zero-order chi connectivity index (χ0) is 16.0. The van der Waals surface area contributed by atoms with Crippen LogP contribution < -0.4 is 5.32 Å². The lowest BCUT2D eigenvalue weighted by Crippen LogP contribution is -2.68. The predicted molar refractivity (Wildman–Crippen MR) is 85.5 cm³/mol. The van der Waals surface area contributed by atoms with Crippen LogP contribution in [-0.2, 0) is 11.8 Å². The Kier molecular flexibility index (Phi) is 4.08. The van der Waals surface area contributed by atoms with Crippen molar-refractivity contribution in [3.63, 3.8) is 0 Å². The SMILES string of the molecule is Cn1cc(C(O)CNC2CC(OC(C)(C)C)C23CCC3)cn1. The number of ether oxygens (including phenoxy) is 1. The van der Waals surface area contributed by atoms with Crippen LogP contribution >= 0.6 is 0 Å². The summed E-state index contributed by atoms with van der Waals surface area (Å²) in [5, 5.41) is 18.0. The number of rotatable bonds is 5. The van der Waals surface area contributed by atoms with E-state index in [-0.39, 0.29) is 5.60 Å². The van der Waals surface area contributed by atoms with Crippen molar-refractivity contribution < 1.29 is 9.84 Å². The highest BCUT2D eigenvalue weighted by Crippen LogP contribution is 2.58. The highest BCUT2D eigenvalue weighted by molar-refractivity contribution is 5.14. The Balaban J connectivity index is 1.53. The van der Waals surface area contributed by atoms with Crippen molar-refractivity contribution in [1.29, 1.82) is 0 Å². The van der Waals surface area contributed by atoms with Gasteiger partial charge >= 0.3 is 0 Å². The molecule has 22 heavy (non-hydrogen) atoms. The van der Waals surface area contributed by atoms with E-state index in [1.54, 1.807) is 10.9 Å². The van der Waals surface area contributed by atoms with Gasteiger partial charge in [-0.3, -0.25) is 4.68 Å².